The Balaban J connectivity index is 1.79. The first kappa shape index (κ1) is 19.0. The van der Waals surface area contributed by atoms with Crippen molar-refractivity contribution >= 4 is 23.4 Å². The molecule has 3 amide bonds. The quantitative estimate of drug-likeness (QED) is 0.660. The molecule has 2 aromatic rings. The van der Waals surface area contributed by atoms with Crippen LogP contribution in [0, 0.1) is 0 Å². The van der Waals surface area contributed by atoms with Gasteiger partial charge in [0, 0.05) is 36.8 Å². The molecule has 0 spiro atoms. The maximum absolute atomic E-state index is 12.1. The Morgan fingerprint density at radius 1 is 0.885 bits per heavy atom. The molecule has 0 aromatic heterocycles. The molecule has 0 saturated heterocycles. The monoisotopic (exact) mass is 355 g/mol. The molecule has 0 bridgehead atoms. The average molecular weight is 355 g/mol. The highest BCUT2D eigenvalue weighted by atomic mass is 16.5. The van der Waals surface area contributed by atoms with E-state index in [-0.39, 0.29) is 24.3 Å². The van der Waals surface area contributed by atoms with E-state index in [0.29, 0.717) is 29.1 Å². The van der Waals surface area contributed by atoms with Gasteiger partial charge in [-0.2, -0.15) is 0 Å². The largest absolute Gasteiger partial charge is 0.497 e. The minimum Gasteiger partial charge on any atom is -0.497 e. The number of hydrogen-bond donors (Lipinski definition) is 3. The van der Waals surface area contributed by atoms with Crippen molar-refractivity contribution in [1.29, 1.82) is 0 Å². The molecular weight excluding hydrogens is 334 g/mol. The number of benzene rings is 2. The summed E-state index contributed by atoms with van der Waals surface area (Å²) in [5.41, 5.74) is 1.50. The van der Waals surface area contributed by atoms with Gasteiger partial charge in [-0.1, -0.05) is 6.07 Å². The van der Waals surface area contributed by atoms with Gasteiger partial charge in [-0.05, 0) is 42.5 Å². The highest BCUT2D eigenvalue weighted by molar-refractivity contribution is 5.97. The molecule has 0 fully saturated rings. The molecule has 7 heteroatoms. The number of carbonyl (C=O) groups excluding carboxylic acids is 3. The van der Waals surface area contributed by atoms with Crippen molar-refractivity contribution < 1.29 is 19.1 Å². The predicted octanol–water partition coefficient (Wildman–Crippen LogP) is 1.81. The molecule has 0 aliphatic rings. The third-order valence-corrected chi connectivity index (χ3v) is 3.49. The molecule has 0 heterocycles. The minimum absolute atomic E-state index is 0.205. The number of ether oxygens (including phenoxy) is 1. The summed E-state index contributed by atoms with van der Waals surface area (Å²) >= 11 is 0. The smallest absolute Gasteiger partial charge is 0.251 e. The summed E-state index contributed by atoms with van der Waals surface area (Å²) < 4.78 is 5.04. The molecule has 0 atom stereocenters. The average Bonchev–Trinajstić information content (AvgIpc) is 2.64. The summed E-state index contributed by atoms with van der Waals surface area (Å²) in [5, 5.41) is 8.07. The molecule has 0 aliphatic carbocycles. The van der Waals surface area contributed by atoms with Crippen molar-refractivity contribution in [2.75, 3.05) is 25.5 Å². The summed E-state index contributed by atoms with van der Waals surface area (Å²) in [7, 11) is 1.56. The number of hydrogen-bond acceptors (Lipinski definition) is 4. The van der Waals surface area contributed by atoms with Crippen LogP contribution >= 0.6 is 0 Å². The molecule has 7 nitrogen and oxygen atoms in total. The number of nitrogens with one attached hydrogen (secondary N) is 3. The van der Waals surface area contributed by atoms with Gasteiger partial charge in [0.25, 0.3) is 11.8 Å². The van der Waals surface area contributed by atoms with Crippen molar-refractivity contribution in [3.63, 3.8) is 0 Å². The summed E-state index contributed by atoms with van der Waals surface area (Å²) in [5.74, 6) is -0.0374. The number of amides is 3. The fourth-order valence-electron chi connectivity index (χ4n) is 2.24. The van der Waals surface area contributed by atoms with Gasteiger partial charge in [0.2, 0.25) is 5.91 Å². The van der Waals surface area contributed by atoms with E-state index in [9.17, 15) is 14.4 Å². The second-order valence-electron chi connectivity index (χ2n) is 5.50. The van der Waals surface area contributed by atoms with Crippen LogP contribution < -0.4 is 20.7 Å². The maximum Gasteiger partial charge on any atom is 0.251 e. The van der Waals surface area contributed by atoms with Gasteiger partial charge in [-0.3, -0.25) is 14.4 Å². The lowest BCUT2D eigenvalue weighted by molar-refractivity contribution is -0.114. The van der Waals surface area contributed by atoms with E-state index in [1.165, 1.54) is 6.92 Å². The van der Waals surface area contributed by atoms with Crippen LogP contribution in [0.3, 0.4) is 0 Å². The zero-order valence-corrected chi connectivity index (χ0v) is 14.7. The fraction of sp³-hybridized carbons (Fsp3) is 0.211. The SMILES string of the molecule is COc1ccc(C(=O)NCCNC(=O)c2cccc(NC(C)=O)c2)cc1. The van der Waals surface area contributed by atoms with Crippen LogP contribution in [0.15, 0.2) is 48.5 Å². The topological polar surface area (TPSA) is 96.5 Å². The summed E-state index contributed by atoms with van der Waals surface area (Å²) in [6, 6.07) is 13.4. The molecule has 2 rings (SSSR count). The fourth-order valence-corrected chi connectivity index (χ4v) is 2.24. The highest BCUT2D eigenvalue weighted by Gasteiger charge is 2.08. The molecule has 136 valence electrons. The van der Waals surface area contributed by atoms with Gasteiger partial charge in [-0.15, -0.1) is 0 Å². The molecule has 2 aromatic carbocycles. The first-order valence-corrected chi connectivity index (χ1v) is 8.07. The number of anilines is 1. The van der Waals surface area contributed by atoms with E-state index in [2.05, 4.69) is 16.0 Å². The first-order valence-electron chi connectivity index (χ1n) is 8.07. The third kappa shape index (κ3) is 5.62. The van der Waals surface area contributed by atoms with E-state index in [1.54, 1.807) is 55.6 Å². The van der Waals surface area contributed by atoms with Crippen LogP contribution in [0.1, 0.15) is 27.6 Å². The molecule has 0 aliphatic heterocycles. The van der Waals surface area contributed by atoms with Crippen LogP contribution in [0.5, 0.6) is 5.75 Å². The van der Waals surface area contributed by atoms with Gasteiger partial charge in [0.15, 0.2) is 0 Å². The van der Waals surface area contributed by atoms with Crippen molar-refractivity contribution in [3.05, 3.63) is 59.7 Å². The van der Waals surface area contributed by atoms with Crippen molar-refractivity contribution in [2.24, 2.45) is 0 Å². The highest BCUT2D eigenvalue weighted by Crippen LogP contribution is 2.11. The molecule has 26 heavy (non-hydrogen) atoms. The van der Waals surface area contributed by atoms with Crippen molar-refractivity contribution in [2.45, 2.75) is 6.92 Å². The van der Waals surface area contributed by atoms with E-state index in [4.69, 9.17) is 4.74 Å². The van der Waals surface area contributed by atoms with Crippen LogP contribution in [0.25, 0.3) is 0 Å². The van der Waals surface area contributed by atoms with Gasteiger partial charge in [-0.25, -0.2) is 0 Å². The van der Waals surface area contributed by atoms with E-state index < -0.39 is 0 Å². The zero-order valence-electron chi connectivity index (χ0n) is 14.7. The summed E-state index contributed by atoms with van der Waals surface area (Å²) in [6.07, 6.45) is 0. The Bertz CT molecular complexity index is 788. The third-order valence-electron chi connectivity index (χ3n) is 3.49. The molecule has 0 saturated carbocycles. The number of carbonyl (C=O) groups is 3. The van der Waals surface area contributed by atoms with Crippen LogP contribution in [0.4, 0.5) is 5.69 Å². The van der Waals surface area contributed by atoms with E-state index >= 15 is 0 Å². The molecule has 3 N–H and O–H groups in total. The first-order chi connectivity index (χ1) is 12.5. The zero-order chi connectivity index (χ0) is 18.9. The molecular formula is C19H21N3O4. The second kappa shape index (κ2) is 9.22. The van der Waals surface area contributed by atoms with Gasteiger partial charge in [0.1, 0.15) is 5.75 Å². The Labute approximate surface area is 151 Å². The Morgan fingerprint density at radius 3 is 2.08 bits per heavy atom. The van der Waals surface area contributed by atoms with Crippen LogP contribution in [-0.4, -0.2) is 37.9 Å². The normalized spacial score (nSPS) is 9.92. The van der Waals surface area contributed by atoms with Crippen molar-refractivity contribution in [1.82, 2.24) is 10.6 Å². The number of methoxy groups -OCH3 is 1. The molecule has 0 unspecified atom stereocenters. The van der Waals surface area contributed by atoms with Crippen molar-refractivity contribution in [3.8, 4) is 5.75 Å². The van der Waals surface area contributed by atoms with Gasteiger partial charge in [0.05, 0.1) is 7.11 Å². The molecule has 0 radical (unpaired) electrons. The summed E-state index contributed by atoms with van der Waals surface area (Å²) in [4.78, 5) is 35.2. The lowest BCUT2D eigenvalue weighted by Gasteiger charge is -2.09. The Hall–Kier alpha value is -3.35. The lowest BCUT2D eigenvalue weighted by Crippen LogP contribution is -2.34. The van der Waals surface area contributed by atoms with Gasteiger partial charge >= 0.3 is 0 Å². The standard InChI is InChI=1S/C19H21N3O4/c1-13(23)22-16-5-3-4-15(12-16)19(25)21-11-10-20-18(24)14-6-8-17(26-2)9-7-14/h3-9,12H,10-11H2,1-2H3,(H,20,24)(H,21,25)(H,22,23). The second-order valence-corrected chi connectivity index (χ2v) is 5.50. The summed E-state index contributed by atoms with van der Waals surface area (Å²) in [6.45, 7) is 1.98. The van der Waals surface area contributed by atoms with Gasteiger partial charge < -0.3 is 20.7 Å². The predicted molar refractivity (Wildman–Crippen MR) is 98.4 cm³/mol. The maximum atomic E-state index is 12.1. The Morgan fingerprint density at radius 2 is 1.50 bits per heavy atom. The lowest BCUT2D eigenvalue weighted by atomic mass is 10.2. The van der Waals surface area contributed by atoms with Crippen LogP contribution in [0.2, 0.25) is 0 Å². The Kier molecular flexibility index (Phi) is 6.73. The number of rotatable bonds is 7. The van der Waals surface area contributed by atoms with Crippen LogP contribution in [-0.2, 0) is 4.79 Å². The minimum atomic E-state index is -0.282. The van der Waals surface area contributed by atoms with E-state index in [1.807, 2.05) is 0 Å². The van der Waals surface area contributed by atoms with E-state index in [0.717, 1.165) is 0 Å².